The standard InChI is InChI=1S/C19H22N4O/c1-14-12-20-18(21-13-14)23-9-7-19(8-10-23)16(11-17(24)22-19)15-5-3-2-4-6-15/h2-6,12-13,16H,7-11H2,1H3,(H,22,24)/t16-/m0/s1. The summed E-state index contributed by atoms with van der Waals surface area (Å²) in [6.07, 6.45) is 6.16. The Kier molecular flexibility index (Phi) is 3.71. The summed E-state index contributed by atoms with van der Waals surface area (Å²) >= 11 is 0. The van der Waals surface area contributed by atoms with Gasteiger partial charge in [-0.25, -0.2) is 9.97 Å². The molecular weight excluding hydrogens is 300 g/mol. The largest absolute Gasteiger partial charge is 0.350 e. The Morgan fingerprint density at radius 3 is 2.46 bits per heavy atom. The molecule has 2 aromatic rings. The van der Waals surface area contributed by atoms with Crippen LogP contribution in [0.4, 0.5) is 5.95 Å². The Labute approximate surface area is 142 Å². The highest BCUT2D eigenvalue weighted by Crippen LogP contribution is 2.43. The molecule has 2 aliphatic heterocycles. The van der Waals surface area contributed by atoms with Gasteiger partial charge in [-0.2, -0.15) is 0 Å². The number of nitrogens with zero attached hydrogens (tertiary/aromatic N) is 3. The molecule has 2 saturated heterocycles. The Morgan fingerprint density at radius 1 is 1.12 bits per heavy atom. The van der Waals surface area contributed by atoms with E-state index in [0.29, 0.717) is 6.42 Å². The molecule has 24 heavy (non-hydrogen) atoms. The monoisotopic (exact) mass is 322 g/mol. The average molecular weight is 322 g/mol. The van der Waals surface area contributed by atoms with E-state index < -0.39 is 0 Å². The smallest absolute Gasteiger partial charge is 0.225 e. The van der Waals surface area contributed by atoms with Gasteiger partial charge in [0.05, 0.1) is 5.54 Å². The van der Waals surface area contributed by atoms with E-state index in [0.717, 1.165) is 37.4 Å². The highest BCUT2D eigenvalue weighted by atomic mass is 16.2. The second-order valence-electron chi connectivity index (χ2n) is 6.92. The van der Waals surface area contributed by atoms with Crippen LogP contribution in [0, 0.1) is 6.92 Å². The van der Waals surface area contributed by atoms with Gasteiger partial charge in [-0.1, -0.05) is 30.3 Å². The highest BCUT2D eigenvalue weighted by molar-refractivity contribution is 5.81. The van der Waals surface area contributed by atoms with Crippen molar-refractivity contribution in [1.82, 2.24) is 15.3 Å². The zero-order valence-corrected chi connectivity index (χ0v) is 13.9. The van der Waals surface area contributed by atoms with Gasteiger partial charge in [0, 0.05) is 37.8 Å². The van der Waals surface area contributed by atoms with Crippen LogP contribution in [-0.2, 0) is 4.79 Å². The van der Waals surface area contributed by atoms with Gasteiger partial charge < -0.3 is 10.2 Å². The van der Waals surface area contributed by atoms with Gasteiger partial charge in [-0.05, 0) is 30.9 Å². The van der Waals surface area contributed by atoms with Gasteiger partial charge in [0.2, 0.25) is 11.9 Å². The molecule has 4 rings (SSSR count). The molecule has 1 aromatic carbocycles. The van der Waals surface area contributed by atoms with E-state index >= 15 is 0 Å². The predicted molar refractivity (Wildman–Crippen MR) is 92.9 cm³/mol. The number of rotatable bonds is 2. The zero-order chi connectivity index (χ0) is 16.6. The van der Waals surface area contributed by atoms with Crippen LogP contribution in [0.2, 0.25) is 0 Å². The third-order valence-corrected chi connectivity index (χ3v) is 5.35. The van der Waals surface area contributed by atoms with Gasteiger partial charge >= 0.3 is 0 Å². The van der Waals surface area contributed by atoms with Crippen molar-refractivity contribution in [3.05, 3.63) is 53.9 Å². The molecule has 5 heteroatoms. The van der Waals surface area contributed by atoms with E-state index in [1.54, 1.807) is 0 Å². The summed E-state index contributed by atoms with van der Waals surface area (Å²) in [6, 6.07) is 10.4. The maximum atomic E-state index is 12.1. The zero-order valence-electron chi connectivity index (χ0n) is 13.9. The molecular formula is C19H22N4O. The molecule has 124 valence electrons. The van der Waals surface area contributed by atoms with Gasteiger partial charge in [-0.3, -0.25) is 4.79 Å². The number of aryl methyl sites for hydroxylation is 1. The Balaban J connectivity index is 1.54. The minimum absolute atomic E-state index is 0.125. The predicted octanol–water partition coefficient (Wildman–Crippen LogP) is 2.43. The first kappa shape index (κ1) is 15.1. The third-order valence-electron chi connectivity index (χ3n) is 5.35. The van der Waals surface area contributed by atoms with Crippen molar-refractivity contribution in [1.29, 1.82) is 0 Å². The molecule has 0 bridgehead atoms. The number of amides is 1. The summed E-state index contributed by atoms with van der Waals surface area (Å²) in [6.45, 7) is 3.73. The van der Waals surface area contributed by atoms with Crippen LogP contribution >= 0.6 is 0 Å². The molecule has 0 saturated carbocycles. The maximum Gasteiger partial charge on any atom is 0.225 e. The number of anilines is 1. The molecule has 1 N–H and O–H groups in total. The third kappa shape index (κ3) is 2.64. The molecule has 1 amide bonds. The van der Waals surface area contributed by atoms with Crippen molar-refractivity contribution in [2.45, 2.75) is 37.6 Å². The quantitative estimate of drug-likeness (QED) is 0.922. The summed E-state index contributed by atoms with van der Waals surface area (Å²) in [5, 5.41) is 3.29. The minimum atomic E-state index is -0.125. The molecule has 0 radical (unpaired) electrons. The number of aromatic nitrogens is 2. The molecule has 2 fully saturated rings. The summed E-state index contributed by atoms with van der Waals surface area (Å²) in [5.74, 6) is 1.22. The lowest BCUT2D eigenvalue weighted by atomic mass is 9.74. The second kappa shape index (κ2) is 5.89. The van der Waals surface area contributed by atoms with Crippen molar-refractivity contribution in [3.8, 4) is 0 Å². The lowest BCUT2D eigenvalue weighted by Crippen LogP contribution is -2.53. The van der Waals surface area contributed by atoms with Crippen LogP contribution in [0.15, 0.2) is 42.7 Å². The molecule has 3 heterocycles. The Hall–Kier alpha value is -2.43. The van der Waals surface area contributed by atoms with Crippen molar-refractivity contribution in [3.63, 3.8) is 0 Å². The lowest BCUT2D eigenvalue weighted by Gasteiger charge is -2.43. The van der Waals surface area contributed by atoms with Gasteiger partial charge in [0.25, 0.3) is 0 Å². The SMILES string of the molecule is Cc1cnc(N2CCC3(CC2)NC(=O)C[C@H]3c2ccccc2)nc1. The summed E-state index contributed by atoms with van der Waals surface area (Å²) in [5.41, 5.74) is 2.20. The molecule has 0 aliphatic carbocycles. The van der Waals surface area contributed by atoms with Crippen LogP contribution < -0.4 is 10.2 Å². The van der Waals surface area contributed by atoms with Crippen LogP contribution in [0.1, 0.15) is 36.3 Å². The average Bonchev–Trinajstić information content (AvgIpc) is 2.93. The van der Waals surface area contributed by atoms with Crippen molar-refractivity contribution in [2.75, 3.05) is 18.0 Å². The van der Waals surface area contributed by atoms with E-state index in [-0.39, 0.29) is 17.4 Å². The minimum Gasteiger partial charge on any atom is -0.350 e. The summed E-state index contributed by atoms with van der Waals surface area (Å²) < 4.78 is 0. The van der Waals surface area contributed by atoms with Crippen molar-refractivity contribution in [2.24, 2.45) is 0 Å². The Morgan fingerprint density at radius 2 is 1.79 bits per heavy atom. The number of hydrogen-bond acceptors (Lipinski definition) is 4. The number of nitrogens with one attached hydrogen (secondary N) is 1. The molecule has 2 aliphatic rings. The normalized spacial score (nSPS) is 22.6. The number of carbonyl (C=O) groups is 1. The van der Waals surface area contributed by atoms with Gasteiger partial charge in [-0.15, -0.1) is 0 Å². The summed E-state index contributed by atoms with van der Waals surface area (Å²) in [4.78, 5) is 23.2. The number of hydrogen-bond donors (Lipinski definition) is 1. The van der Waals surface area contributed by atoms with E-state index in [1.165, 1.54) is 5.56 Å². The fourth-order valence-electron chi connectivity index (χ4n) is 4.05. The fourth-order valence-corrected chi connectivity index (χ4v) is 4.05. The molecule has 1 atom stereocenters. The number of benzene rings is 1. The first-order valence-corrected chi connectivity index (χ1v) is 8.56. The van der Waals surface area contributed by atoms with Crippen LogP contribution in [-0.4, -0.2) is 34.5 Å². The fraction of sp³-hybridized carbons (Fsp3) is 0.421. The maximum absolute atomic E-state index is 12.1. The molecule has 5 nitrogen and oxygen atoms in total. The topological polar surface area (TPSA) is 58.1 Å². The first-order valence-electron chi connectivity index (χ1n) is 8.56. The van der Waals surface area contributed by atoms with E-state index in [1.807, 2.05) is 25.4 Å². The van der Waals surface area contributed by atoms with E-state index in [2.05, 4.69) is 44.5 Å². The highest BCUT2D eigenvalue weighted by Gasteiger charge is 2.48. The second-order valence-corrected chi connectivity index (χ2v) is 6.92. The van der Waals surface area contributed by atoms with Crippen LogP contribution in [0.3, 0.4) is 0 Å². The first-order chi connectivity index (χ1) is 11.7. The van der Waals surface area contributed by atoms with E-state index in [9.17, 15) is 4.79 Å². The number of carbonyl (C=O) groups excluding carboxylic acids is 1. The van der Waals surface area contributed by atoms with Gasteiger partial charge in [0.1, 0.15) is 0 Å². The molecule has 1 spiro atoms. The summed E-state index contributed by atoms with van der Waals surface area (Å²) in [7, 11) is 0. The van der Waals surface area contributed by atoms with Crippen molar-refractivity contribution < 1.29 is 4.79 Å². The number of piperidine rings is 1. The van der Waals surface area contributed by atoms with Crippen molar-refractivity contribution >= 4 is 11.9 Å². The van der Waals surface area contributed by atoms with Gasteiger partial charge in [0.15, 0.2) is 0 Å². The molecule has 1 aromatic heterocycles. The lowest BCUT2D eigenvalue weighted by molar-refractivity contribution is -0.119. The van der Waals surface area contributed by atoms with E-state index in [4.69, 9.17) is 0 Å². The Bertz CT molecular complexity index is 721. The van der Waals surface area contributed by atoms with Crippen LogP contribution in [0.25, 0.3) is 0 Å². The molecule has 0 unspecified atom stereocenters. The van der Waals surface area contributed by atoms with Crippen LogP contribution in [0.5, 0.6) is 0 Å².